The molecule has 2 aromatic heterocycles. The predicted molar refractivity (Wildman–Crippen MR) is 109 cm³/mol. The molecular weight excluding hydrogens is 374 g/mol. The Morgan fingerprint density at radius 1 is 1.00 bits per heavy atom. The lowest BCUT2D eigenvalue weighted by Crippen LogP contribution is -2.34. The second-order valence-corrected chi connectivity index (χ2v) is 6.51. The average Bonchev–Trinajstić information content (AvgIpc) is 3.06. The van der Waals surface area contributed by atoms with Crippen LogP contribution in [-0.4, -0.2) is 33.1 Å². The van der Waals surface area contributed by atoms with E-state index in [9.17, 15) is 19.2 Å². The molecule has 0 unspecified atom stereocenters. The lowest BCUT2D eigenvalue weighted by atomic mass is 10.1. The lowest BCUT2D eigenvalue weighted by molar-refractivity contribution is -0.115. The second-order valence-electron chi connectivity index (χ2n) is 6.51. The number of amides is 2. The number of carbonyl (C=O) groups is 2. The lowest BCUT2D eigenvalue weighted by Gasteiger charge is -2.09. The number of rotatable bonds is 4. The van der Waals surface area contributed by atoms with Crippen molar-refractivity contribution < 1.29 is 9.59 Å². The van der Waals surface area contributed by atoms with Crippen LogP contribution in [0.25, 0.3) is 21.7 Å². The van der Waals surface area contributed by atoms with Crippen LogP contribution in [0.2, 0.25) is 0 Å². The highest BCUT2D eigenvalue weighted by atomic mass is 16.2. The minimum atomic E-state index is -0.532. The van der Waals surface area contributed by atoms with E-state index in [-0.39, 0.29) is 23.0 Å². The molecule has 9 nitrogen and oxygen atoms in total. The van der Waals surface area contributed by atoms with Crippen molar-refractivity contribution in [2.75, 3.05) is 11.9 Å². The minimum absolute atomic E-state index is 0.0737. The van der Waals surface area contributed by atoms with Crippen molar-refractivity contribution in [2.24, 2.45) is 7.05 Å². The monoisotopic (exact) mass is 391 g/mol. The number of hydrogen-bond donors (Lipinski definition) is 4. The summed E-state index contributed by atoms with van der Waals surface area (Å²) in [6.07, 6.45) is 0. The van der Waals surface area contributed by atoms with E-state index < -0.39 is 22.9 Å². The number of nitrogens with one attached hydrogen (secondary N) is 4. The van der Waals surface area contributed by atoms with Gasteiger partial charge in [0.05, 0.1) is 23.0 Å². The maximum Gasteiger partial charge on any atom is 0.272 e. The molecule has 0 aliphatic rings. The summed E-state index contributed by atoms with van der Waals surface area (Å²) in [6, 6.07) is 13.9. The highest BCUT2D eigenvalue weighted by molar-refractivity contribution is 6.04. The van der Waals surface area contributed by atoms with Crippen LogP contribution in [0.4, 0.5) is 5.69 Å². The van der Waals surface area contributed by atoms with E-state index in [1.807, 2.05) is 24.3 Å². The molecule has 4 rings (SSSR count). The number of anilines is 1. The molecule has 2 aromatic carbocycles. The fraction of sp³-hybridized carbons (Fsp3) is 0.100. The van der Waals surface area contributed by atoms with E-state index in [0.717, 1.165) is 10.9 Å². The first-order valence-electron chi connectivity index (χ1n) is 8.82. The number of aromatic amines is 2. The first-order chi connectivity index (χ1) is 14.0. The maximum absolute atomic E-state index is 12.5. The number of aryl methyl sites for hydroxylation is 1. The zero-order chi connectivity index (χ0) is 20.5. The smallest absolute Gasteiger partial charge is 0.272 e. The van der Waals surface area contributed by atoms with E-state index in [0.29, 0.717) is 5.69 Å². The van der Waals surface area contributed by atoms with Gasteiger partial charge in [-0.25, -0.2) is 0 Å². The Morgan fingerprint density at radius 2 is 1.76 bits per heavy atom. The average molecular weight is 391 g/mol. The first kappa shape index (κ1) is 18.2. The van der Waals surface area contributed by atoms with Crippen LogP contribution < -0.4 is 21.8 Å². The number of para-hydroxylation sites is 1. The van der Waals surface area contributed by atoms with Gasteiger partial charge in [-0.1, -0.05) is 24.3 Å². The van der Waals surface area contributed by atoms with Gasteiger partial charge < -0.3 is 15.2 Å². The van der Waals surface area contributed by atoms with Gasteiger partial charge in [0.1, 0.15) is 5.69 Å². The van der Waals surface area contributed by atoms with E-state index in [2.05, 4.69) is 20.8 Å². The molecule has 9 heteroatoms. The maximum atomic E-state index is 12.5. The normalized spacial score (nSPS) is 10.9. The van der Waals surface area contributed by atoms with Crippen molar-refractivity contribution in [1.29, 1.82) is 0 Å². The Morgan fingerprint density at radius 3 is 2.55 bits per heavy atom. The Kier molecular flexibility index (Phi) is 4.47. The van der Waals surface area contributed by atoms with Crippen LogP contribution in [0, 0.1) is 0 Å². The summed E-state index contributed by atoms with van der Waals surface area (Å²) in [5.41, 5.74) is 0.517. The van der Waals surface area contributed by atoms with Crippen LogP contribution in [0.1, 0.15) is 10.5 Å². The molecule has 0 saturated heterocycles. The first-order valence-corrected chi connectivity index (χ1v) is 8.82. The summed E-state index contributed by atoms with van der Waals surface area (Å²) >= 11 is 0. The third-order valence-electron chi connectivity index (χ3n) is 4.69. The van der Waals surface area contributed by atoms with Crippen LogP contribution in [0.3, 0.4) is 0 Å². The molecule has 0 spiro atoms. The van der Waals surface area contributed by atoms with Gasteiger partial charge in [0.15, 0.2) is 0 Å². The molecular formula is C20H17N5O4. The SMILES string of the molecule is Cn1c(C(=O)NCC(=O)Nc2cccc3c(=O)[nH][nH]c(=O)c23)cc2ccccc21. The van der Waals surface area contributed by atoms with E-state index in [1.54, 1.807) is 23.7 Å². The third-order valence-corrected chi connectivity index (χ3v) is 4.69. The quantitative estimate of drug-likeness (QED) is 0.415. The molecule has 0 aliphatic heterocycles. The number of aromatic nitrogens is 3. The molecule has 0 fully saturated rings. The summed E-state index contributed by atoms with van der Waals surface area (Å²) in [6.45, 7) is -0.294. The van der Waals surface area contributed by atoms with Gasteiger partial charge in [-0.05, 0) is 24.3 Å². The van der Waals surface area contributed by atoms with Crippen LogP contribution in [0.5, 0.6) is 0 Å². The molecule has 146 valence electrons. The molecule has 2 heterocycles. The summed E-state index contributed by atoms with van der Waals surface area (Å²) in [4.78, 5) is 48.7. The van der Waals surface area contributed by atoms with Gasteiger partial charge in [-0.15, -0.1) is 0 Å². The third kappa shape index (κ3) is 3.29. The van der Waals surface area contributed by atoms with Gasteiger partial charge in [-0.2, -0.15) is 0 Å². The largest absolute Gasteiger partial charge is 0.342 e. The molecule has 0 atom stereocenters. The molecule has 0 aliphatic carbocycles. The molecule has 4 aromatic rings. The molecule has 0 radical (unpaired) electrons. The highest BCUT2D eigenvalue weighted by Gasteiger charge is 2.15. The molecule has 2 amide bonds. The molecule has 0 saturated carbocycles. The Labute approximate surface area is 163 Å². The van der Waals surface area contributed by atoms with Crippen molar-refractivity contribution in [2.45, 2.75) is 0 Å². The van der Waals surface area contributed by atoms with E-state index >= 15 is 0 Å². The summed E-state index contributed by atoms with van der Waals surface area (Å²) < 4.78 is 1.75. The van der Waals surface area contributed by atoms with Crippen molar-refractivity contribution in [3.63, 3.8) is 0 Å². The second kappa shape index (κ2) is 7.12. The van der Waals surface area contributed by atoms with E-state index in [4.69, 9.17) is 0 Å². The Hall–Kier alpha value is -4.14. The number of fused-ring (bicyclic) bond motifs is 2. The van der Waals surface area contributed by atoms with Gasteiger partial charge in [0.25, 0.3) is 17.0 Å². The summed E-state index contributed by atoms with van der Waals surface area (Å²) in [7, 11) is 1.78. The molecule has 29 heavy (non-hydrogen) atoms. The predicted octanol–water partition coefficient (Wildman–Crippen LogP) is 1.08. The van der Waals surface area contributed by atoms with Gasteiger partial charge in [0, 0.05) is 18.0 Å². The molecule has 4 N–H and O–H groups in total. The summed E-state index contributed by atoms with van der Waals surface area (Å²) in [5, 5.41) is 10.8. The van der Waals surface area contributed by atoms with Crippen molar-refractivity contribution in [3.8, 4) is 0 Å². The van der Waals surface area contributed by atoms with Crippen LogP contribution >= 0.6 is 0 Å². The van der Waals surface area contributed by atoms with E-state index in [1.165, 1.54) is 12.1 Å². The number of benzene rings is 2. The van der Waals surface area contributed by atoms with Gasteiger partial charge >= 0.3 is 0 Å². The summed E-state index contributed by atoms with van der Waals surface area (Å²) in [5.74, 6) is -0.921. The zero-order valence-corrected chi connectivity index (χ0v) is 15.4. The zero-order valence-electron chi connectivity index (χ0n) is 15.4. The standard InChI is InChI=1S/C20H17N5O4/c1-25-14-8-3-2-5-11(14)9-15(25)19(28)21-10-16(26)22-13-7-4-6-12-17(13)20(29)24-23-18(12)27/h2-9H,10H2,1H3,(H,21,28)(H,22,26)(H,23,27)(H,24,29). The number of carbonyl (C=O) groups excluding carboxylic acids is 2. The van der Waals surface area contributed by atoms with Gasteiger partial charge in [0.2, 0.25) is 5.91 Å². The molecule has 0 bridgehead atoms. The Bertz CT molecular complexity index is 1380. The van der Waals surface area contributed by atoms with Crippen molar-refractivity contribution >= 4 is 39.2 Å². The van der Waals surface area contributed by atoms with Crippen molar-refractivity contribution in [1.82, 2.24) is 20.1 Å². The Balaban J connectivity index is 1.51. The fourth-order valence-corrected chi connectivity index (χ4v) is 3.29. The number of H-pyrrole nitrogens is 2. The minimum Gasteiger partial charge on any atom is -0.342 e. The number of hydrogen-bond acceptors (Lipinski definition) is 4. The van der Waals surface area contributed by atoms with Crippen molar-refractivity contribution in [3.05, 3.63) is 74.9 Å². The van der Waals surface area contributed by atoms with Gasteiger partial charge in [-0.3, -0.25) is 29.4 Å². The van der Waals surface area contributed by atoms with Crippen LogP contribution in [-0.2, 0) is 11.8 Å². The topological polar surface area (TPSA) is 129 Å². The van der Waals surface area contributed by atoms with Crippen LogP contribution in [0.15, 0.2) is 58.1 Å². The number of nitrogens with zero attached hydrogens (tertiary/aromatic N) is 1. The fourth-order valence-electron chi connectivity index (χ4n) is 3.29. The highest BCUT2D eigenvalue weighted by Crippen LogP contribution is 2.18.